The first-order valence-corrected chi connectivity index (χ1v) is 11.2. The van der Waals surface area contributed by atoms with Gasteiger partial charge in [-0.3, -0.25) is 9.59 Å². The maximum atomic E-state index is 13.2. The van der Waals surface area contributed by atoms with Crippen LogP contribution in [0.1, 0.15) is 29.8 Å². The van der Waals surface area contributed by atoms with Gasteiger partial charge in [0, 0.05) is 32.0 Å². The highest BCUT2D eigenvalue weighted by Crippen LogP contribution is 2.21. The van der Waals surface area contributed by atoms with Gasteiger partial charge in [0.05, 0.1) is 11.6 Å². The van der Waals surface area contributed by atoms with E-state index in [9.17, 15) is 22.4 Å². The van der Waals surface area contributed by atoms with Gasteiger partial charge in [0.1, 0.15) is 16.4 Å². The van der Waals surface area contributed by atoms with Crippen LogP contribution in [0, 0.1) is 5.82 Å². The average Bonchev–Trinajstić information content (AvgIpc) is 3.22. The number of benzene rings is 1. The molecule has 162 valence electrons. The van der Waals surface area contributed by atoms with Crippen LogP contribution >= 0.6 is 11.6 Å². The summed E-state index contributed by atoms with van der Waals surface area (Å²) >= 11 is 5.67. The number of aromatic nitrogens is 1. The Kier molecular flexibility index (Phi) is 6.79. The predicted molar refractivity (Wildman–Crippen MR) is 110 cm³/mol. The minimum atomic E-state index is -4.00. The molecule has 1 saturated heterocycles. The number of sulfonamides is 1. The van der Waals surface area contributed by atoms with E-state index >= 15 is 0 Å². The first kappa shape index (κ1) is 22.3. The lowest BCUT2D eigenvalue weighted by atomic mass is 10.1. The number of H-pyrrole nitrogens is 1. The molecule has 0 unspecified atom stereocenters. The summed E-state index contributed by atoms with van der Waals surface area (Å²) in [6.45, 7) is 0.818. The topological polar surface area (TPSA) is 103 Å². The summed E-state index contributed by atoms with van der Waals surface area (Å²) in [6, 6.07) is 4.92. The number of aromatic amines is 1. The molecule has 3 rings (SSSR count). The Hall–Kier alpha value is -2.43. The quantitative estimate of drug-likeness (QED) is 0.697. The van der Waals surface area contributed by atoms with Crippen LogP contribution in [-0.4, -0.2) is 61.1 Å². The number of amides is 2. The van der Waals surface area contributed by atoms with Gasteiger partial charge in [-0.15, -0.1) is 0 Å². The van der Waals surface area contributed by atoms with Crippen molar-refractivity contribution in [1.29, 1.82) is 0 Å². The first-order valence-electron chi connectivity index (χ1n) is 9.37. The van der Waals surface area contributed by atoms with Gasteiger partial charge in [0.2, 0.25) is 15.9 Å². The van der Waals surface area contributed by atoms with Crippen molar-refractivity contribution in [2.75, 3.05) is 32.0 Å². The van der Waals surface area contributed by atoms with E-state index in [0.29, 0.717) is 13.1 Å². The summed E-state index contributed by atoms with van der Waals surface area (Å²) < 4.78 is 39.6. The van der Waals surface area contributed by atoms with Gasteiger partial charge >= 0.3 is 0 Å². The van der Waals surface area contributed by atoms with E-state index in [1.54, 1.807) is 4.90 Å². The molecule has 1 aliphatic rings. The lowest BCUT2D eigenvalue weighted by Gasteiger charge is -2.26. The number of halogens is 2. The number of hydrogen-bond donors (Lipinski definition) is 2. The summed E-state index contributed by atoms with van der Waals surface area (Å²) in [6.07, 6.45) is 4.16. The van der Waals surface area contributed by atoms with Gasteiger partial charge in [-0.25, -0.2) is 12.8 Å². The zero-order valence-corrected chi connectivity index (χ0v) is 17.9. The van der Waals surface area contributed by atoms with E-state index in [0.717, 1.165) is 29.6 Å². The third kappa shape index (κ3) is 5.00. The van der Waals surface area contributed by atoms with Gasteiger partial charge < -0.3 is 15.2 Å². The first-order chi connectivity index (χ1) is 14.2. The Morgan fingerprint density at radius 2 is 1.93 bits per heavy atom. The van der Waals surface area contributed by atoms with Crippen molar-refractivity contribution in [2.45, 2.75) is 24.2 Å². The van der Waals surface area contributed by atoms with E-state index in [-0.39, 0.29) is 27.2 Å². The largest absolute Gasteiger partial charge is 0.356 e. The molecular weight excluding hydrogens is 435 g/mol. The molecule has 2 heterocycles. The molecule has 0 atom stereocenters. The number of nitrogens with zero attached hydrogens (tertiary/aromatic N) is 2. The minimum Gasteiger partial charge on any atom is -0.356 e. The third-order valence-electron chi connectivity index (χ3n) is 4.81. The van der Waals surface area contributed by atoms with Crippen LogP contribution in [0.4, 0.5) is 10.1 Å². The molecule has 2 amide bonds. The maximum absolute atomic E-state index is 13.2. The van der Waals surface area contributed by atoms with Crippen LogP contribution in [0.25, 0.3) is 0 Å². The summed E-state index contributed by atoms with van der Waals surface area (Å²) in [4.78, 5) is 29.0. The Bertz CT molecular complexity index is 1050. The van der Waals surface area contributed by atoms with Crippen LogP contribution in [0.2, 0.25) is 5.02 Å². The maximum Gasteiger partial charge on any atom is 0.270 e. The molecule has 1 aliphatic heterocycles. The Morgan fingerprint density at radius 3 is 2.60 bits per heavy atom. The lowest BCUT2D eigenvalue weighted by molar-refractivity contribution is -0.116. The molecule has 0 bridgehead atoms. The number of carbonyl (C=O) groups is 2. The van der Waals surface area contributed by atoms with E-state index < -0.39 is 28.3 Å². The van der Waals surface area contributed by atoms with E-state index in [4.69, 9.17) is 11.6 Å². The second-order valence-corrected chi connectivity index (χ2v) is 9.49. The van der Waals surface area contributed by atoms with Crippen LogP contribution in [0.5, 0.6) is 0 Å². The van der Waals surface area contributed by atoms with Crippen molar-refractivity contribution in [3.63, 3.8) is 0 Å². The van der Waals surface area contributed by atoms with Crippen molar-refractivity contribution >= 4 is 39.1 Å². The van der Waals surface area contributed by atoms with Crippen LogP contribution in [0.15, 0.2) is 35.4 Å². The molecule has 2 aromatic rings. The number of anilines is 1. The molecule has 0 spiro atoms. The minimum absolute atomic E-state index is 0.108. The smallest absolute Gasteiger partial charge is 0.270 e. The highest BCUT2D eigenvalue weighted by atomic mass is 35.5. The number of piperidine rings is 1. The van der Waals surface area contributed by atoms with Crippen molar-refractivity contribution in [3.05, 3.63) is 47.0 Å². The number of nitrogens with one attached hydrogen (secondary N) is 2. The molecule has 30 heavy (non-hydrogen) atoms. The highest BCUT2D eigenvalue weighted by molar-refractivity contribution is 7.89. The molecule has 0 radical (unpaired) electrons. The van der Waals surface area contributed by atoms with E-state index in [1.165, 1.54) is 31.4 Å². The van der Waals surface area contributed by atoms with Crippen LogP contribution in [-0.2, 0) is 14.8 Å². The van der Waals surface area contributed by atoms with E-state index in [2.05, 4.69) is 10.3 Å². The molecule has 0 aliphatic carbocycles. The van der Waals surface area contributed by atoms with E-state index in [1.807, 2.05) is 0 Å². The van der Waals surface area contributed by atoms with Gasteiger partial charge in [-0.1, -0.05) is 11.6 Å². The Balaban J connectivity index is 1.65. The van der Waals surface area contributed by atoms with Crippen molar-refractivity contribution in [2.24, 2.45) is 0 Å². The standard InChI is InChI=1S/C19H22ClFN4O4S/c1-24(12-18(26)23-13-5-6-16(21)15(20)9-13)30(28,29)14-10-17(22-11-14)19(27)25-7-3-2-4-8-25/h5-6,9-11,22H,2-4,7-8,12H2,1H3,(H,23,26). The van der Waals surface area contributed by atoms with Gasteiger partial charge in [0.25, 0.3) is 5.91 Å². The summed E-state index contributed by atoms with van der Waals surface area (Å²) in [5.41, 5.74) is 0.433. The highest BCUT2D eigenvalue weighted by Gasteiger charge is 2.27. The summed E-state index contributed by atoms with van der Waals surface area (Å²) in [5.74, 6) is -1.50. The number of rotatable bonds is 6. The monoisotopic (exact) mass is 456 g/mol. The SMILES string of the molecule is CN(CC(=O)Nc1ccc(F)c(Cl)c1)S(=O)(=O)c1c[nH]c(C(=O)N2CCCCC2)c1. The fourth-order valence-electron chi connectivity index (χ4n) is 3.16. The number of likely N-dealkylation sites (tertiary alicyclic amines) is 1. The van der Waals surface area contributed by atoms with Crippen molar-refractivity contribution in [1.82, 2.24) is 14.2 Å². The second-order valence-electron chi connectivity index (χ2n) is 7.04. The molecular formula is C19H22ClFN4O4S. The molecule has 8 nitrogen and oxygen atoms in total. The van der Waals surface area contributed by atoms with Crippen LogP contribution < -0.4 is 5.32 Å². The second kappa shape index (κ2) is 9.15. The average molecular weight is 457 g/mol. The normalized spacial score (nSPS) is 14.7. The lowest BCUT2D eigenvalue weighted by Crippen LogP contribution is -2.36. The molecule has 11 heteroatoms. The Labute approximate surface area is 179 Å². The van der Waals surface area contributed by atoms with Crippen molar-refractivity contribution in [3.8, 4) is 0 Å². The molecule has 2 N–H and O–H groups in total. The predicted octanol–water partition coefficient (Wildman–Crippen LogP) is 2.69. The zero-order chi connectivity index (χ0) is 21.9. The molecule has 0 saturated carbocycles. The van der Waals surface area contributed by atoms with Gasteiger partial charge in [0.15, 0.2) is 0 Å². The third-order valence-corrected chi connectivity index (χ3v) is 6.88. The summed E-state index contributed by atoms with van der Waals surface area (Å²) in [7, 11) is -2.74. The van der Waals surface area contributed by atoms with Gasteiger partial charge in [-0.05, 0) is 43.5 Å². The number of hydrogen-bond acceptors (Lipinski definition) is 4. The summed E-state index contributed by atoms with van der Waals surface area (Å²) in [5, 5.41) is 2.31. The number of likely N-dealkylation sites (N-methyl/N-ethyl adjacent to an activating group) is 1. The molecule has 1 aromatic heterocycles. The van der Waals surface area contributed by atoms with Gasteiger partial charge in [-0.2, -0.15) is 4.31 Å². The molecule has 1 fully saturated rings. The van der Waals surface area contributed by atoms with Crippen LogP contribution in [0.3, 0.4) is 0 Å². The number of carbonyl (C=O) groups excluding carboxylic acids is 2. The zero-order valence-electron chi connectivity index (χ0n) is 16.3. The fraction of sp³-hybridized carbons (Fsp3) is 0.368. The molecule has 1 aromatic carbocycles. The van der Waals surface area contributed by atoms with Crippen molar-refractivity contribution < 1.29 is 22.4 Å². The fourth-order valence-corrected chi connectivity index (χ4v) is 4.46. The Morgan fingerprint density at radius 1 is 1.23 bits per heavy atom.